The number of hydrogen-bond donors (Lipinski definition) is 1. The molecule has 0 aromatic heterocycles. The predicted molar refractivity (Wildman–Crippen MR) is 78.2 cm³/mol. The van der Waals surface area contributed by atoms with E-state index in [0.29, 0.717) is 12.6 Å². The van der Waals surface area contributed by atoms with Crippen molar-refractivity contribution in [3.63, 3.8) is 0 Å². The van der Waals surface area contributed by atoms with Gasteiger partial charge in [0.2, 0.25) is 0 Å². The smallest absolute Gasteiger partial charge is 0.323 e. The fraction of sp³-hybridized carbons (Fsp3) is 0.933. The second kappa shape index (κ2) is 9.32. The number of likely N-dealkylation sites (tertiary alicyclic amines) is 1. The van der Waals surface area contributed by atoms with E-state index in [4.69, 9.17) is 4.74 Å². The zero-order valence-electron chi connectivity index (χ0n) is 12.8. The number of nitrogens with zero attached hydrogens (tertiary/aromatic N) is 1. The van der Waals surface area contributed by atoms with Gasteiger partial charge >= 0.3 is 5.97 Å². The van der Waals surface area contributed by atoms with Crippen LogP contribution in [-0.4, -0.2) is 49.2 Å². The van der Waals surface area contributed by atoms with Gasteiger partial charge in [0.15, 0.2) is 0 Å². The molecule has 1 fully saturated rings. The molecule has 0 bridgehead atoms. The van der Waals surface area contributed by atoms with Gasteiger partial charge in [-0.25, -0.2) is 0 Å². The number of piperidine rings is 1. The minimum Gasteiger partial charge on any atom is -0.465 e. The summed E-state index contributed by atoms with van der Waals surface area (Å²) < 4.78 is 5.13. The summed E-state index contributed by atoms with van der Waals surface area (Å²) in [5, 5.41) is 3.24. The SMILES string of the molecule is CCNC(CCN1CCCCC1CC)C(=O)OCC. The van der Waals surface area contributed by atoms with Crippen LogP contribution in [0.15, 0.2) is 0 Å². The van der Waals surface area contributed by atoms with Crippen LogP contribution in [0.1, 0.15) is 52.9 Å². The van der Waals surface area contributed by atoms with E-state index >= 15 is 0 Å². The van der Waals surface area contributed by atoms with Crippen molar-refractivity contribution in [3.05, 3.63) is 0 Å². The number of likely N-dealkylation sites (N-methyl/N-ethyl adjacent to an activating group) is 1. The van der Waals surface area contributed by atoms with Crippen molar-refractivity contribution >= 4 is 5.97 Å². The fourth-order valence-electron chi connectivity index (χ4n) is 2.90. The number of carbonyl (C=O) groups is 1. The summed E-state index contributed by atoms with van der Waals surface area (Å²) in [6.45, 7) is 9.59. The van der Waals surface area contributed by atoms with Crippen LogP contribution < -0.4 is 5.32 Å². The Balaban J connectivity index is 2.43. The van der Waals surface area contributed by atoms with Crippen molar-refractivity contribution < 1.29 is 9.53 Å². The Bertz CT molecular complexity index is 259. The molecular formula is C15H30N2O2. The summed E-state index contributed by atoms with van der Waals surface area (Å²) in [6.07, 6.45) is 6.02. The van der Waals surface area contributed by atoms with Crippen LogP contribution in [0.4, 0.5) is 0 Å². The Labute approximate surface area is 117 Å². The normalized spacial score (nSPS) is 22.2. The molecule has 1 aliphatic heterocycles. The Morgan fingerprint density at radius 2 is 2.16 bits per heavy atom. The van der Waals surface area contributed by atoms with Gasteiger partial charge in [-0.2, -0.15) is 0 Å². The third kappa shape index (κ3) is 5.49. The average molecular weight is 270 g/mol. The molecule has 1 heterocycles. The summed E-state index contributed by atoms with van der Waals surface area (Å²) in [5.41, 5.74) is 0. The zero-order valence-corrected chi connectivity index (χ0v) is 12.8. The standard InChI is InChI=1S/C15H30N2O2/c1-4-13-9-7-8-11-17(13)12-10-14(16-5-2)15(18)19-6-3/h13-14,16H,4-12H2,1-3H3. The highest BCUT2D eigenvalue weighted by atomic mass is 16.5. The van der Waals surface area contributed by atoms with Crippen LogP contribution >= 0.6 is 0 Å². The lowest BCUT2D eigenvalue weighted by Crippen LogP contribution is -2.44. The molecule has 2 unspecified atom stereocenters. The molecule has 4 heteroatoms. The van der Waals surface area contributed by atoms with Gasteiger partial charge in [-0.1, -0.05) is 20.3 Å². The fourth-order valence-corrected chi connectivity index (χ4v) is 2.90. The Morgan fingerprint density at radius 3 is 2.79 bits per heavy atom. The summed E-state index contributed by atoms with van der Waals surface area (Å²) in [4.78, 5) is 14.4. The van der Waals surface area contributed by atoms with E-state index in [9.17, 15) is 4.79 Å². The molecule has 0 amide bonds. The van der Waals surface area contributed by atoms with Gasteiger partial charge in [-0.05, 0) is 45.7 Å². The van der Waals surface area contributed by atoms with E-state index in [1.54, 1.807) is 0 Å². The van der Waals surface area contributed by atoms with E-state index in [0.717, 1.165) is 19.5 Å². The molecule has 0 radical (unpaired) electrons. The lowest BCUT2D eigenvalue weighted by Gasteiger charge is -2.35. The van der Waals surface area contributed by atoms with E-state index < -0.39 is 0 Å². The molecule has 112 valence electrons. The number of nitrogens with one attached hydrogen (secondary N) is 1. The molecule has 0 aromatic rings. The van der Waals surface area contributed by atoms with Crippen LogP contribution in [0, 0.1) is 0 Å². The molecule has 0 saturated carbocycles. The van der Waals surface area contributed by atoms with Crippen molar-refractivity contribution in [2.24, 2.45) is 0 Å². The molecule has 1 aliphatic rings. The van der Waals surface area contributed by atoms with Crippen LogP contribution in [0.5, 0.6) is 0 Å². The summed E-state index contributed by atoms with van der Waals surface area (Å²) >= 11 is 0. The molecular weight excluding hydrogens is 240 g/mol. The highest BCUT2D eigenvalue weighted by Gasteiger charge is 2.24. The number of ether oxygens (including phenoxy) is 1. The third-order valence-corrected chi connectivity index (χ3v) is 3.95. The second-order valence-corrected chi connectivity index (χ2v) is 5.24. The average Bonchev–Trinajstić information content (AvgIpc) is 2.44. The first kappa shape index (κ1) is 16.4. The highest BCUT2D eigenvalue weighted by Crippen LogP contribution is 2.19. The summed E-state index contributed by atoms with van der Waals surface area (Å²) in [6, 6.07) is 0.558. The number of hydrogen-bond acceptors (Lipinski definition) is 4. The first-order valence-electron chi connectivity index (χ1n) is 7.86. The Hall–Kier alpha value is -0.610. The van der Waals surface area contributed by atoms with Crippen LogP contribution in [0.2, 0.25) is 0 Å². The topological polar surface area (TPSA) is 41.6 Å². The summed E-state index contributed by atoms with van der Waals surface area (Å²) in [7, 11) is 0. The van der Waals surface area contributed by atoms with Crippen molar-refractivity contribution in [2.45, 2.75) is 65.0 Å². The van der Waals surface area contributed by atoms with Crippen molar-refractivity contribution in [3.8, 4) is 0 Å². The highest BCUT2D eigenvalue weighted by molar-refractivity contribution is 5.75. The summed E-state index contributed by atoms with van der Waals surface area (Å²) in [5.74, 6) is -0.102. The maximum absolute atomic E-state index is 11.9. The van der Waals surface area contributed by atoms with Crippen molar-refractivity contribution in [2.75, 3.05) is 26.2 Å². The first-order chi connectivity index (χ1) is 9.22. The van der Waals surface area contributed by atoms with Crippen molar-refractivity contribution in [1.82, 2.24) is 10.2 Å². The molecule has 1 N–H and O–H groups in total. The molecule has 4 nitrogen and oxygen atoms in total. The van der Waals surface area contributed by atoms with Gasteiger partial charge in [-0.3, -0.25) is 4.79 Å². The van der Waals surface area contributed by atoms with Crippen LogP contribution in [0.3, 0.4) is 0 Å². The van der Waals surface area contributed by atoms with E-state index in [-0.39, 0.29) is 12.0 Å². The van der Waals surface area contributed by atoms with Crippen LogP contribution in [-0.2, 0) is 9.53 Å². The van der Waals surface area contributed by atoms with Gasteiger partial charge in [-0.15, -0.1) is 0 Å². The molecule has 1 rings (SSSR count). The predicted octanol–water partition coefficient (Wildman–Crippen LogP) is 2.18. The van der Waals surface area contributed by atoms with E-state index in [1.165, 1.54) is 32.2 Å². The monoisotopic (exact) mass is 270 g/mol. The molecule has 1 saturated heterocycles. The van der Waals surface area contributed by atoms with Gasteiger partial charge in [0.25, 0.3) is 0 Å². The van der Waals surface area contributed by atoms with Gasteiger partial charge in [0.05, 0.1) is 6.61 Å². The number of esters is 1. The maximum atomic E-state index is 11.9. The minimum atomic E-state index is -0.149. The van der Waals surface area contributed by atoms with E-state index in [1.807, 2.05) is 13.8 Å². The molecule has 19 heavy (non-hydrogen) atoms. The number of carbonyl (C=O) groups excluding carboxylic acids is 1. The minimum absolute atomic E-state index is 0.102. The molecule has 0 spiro atoms. The Morgan fingerprint density at radius 1 is 1.37 bits per heavy atom. The quantitative estimate of drug-likeness (QED) is 0.686. The lowest BCUT2D eigenvalue weighted by atomic mass is 9.99. The van der Waals surface area contributed by atoms with Gasteiger partial charge in [0, 0.05) is 12.6 Å². The second-order valence-electron chi connectivity index (χ2n) is 5.24. The third-order valence-electron chi connectivity index (χ3n) is 3.95. The lowest BCUT2D eigenvalue weighted by molar-refractivity contribution is -0.146. The van der Waals surface area contributed by atoms with E-state index in [2.05, 4.69) is 17.1 Å². The molecule has 0 aromatic carbocycles. The number of rotatable bonds is 8. The Kier molecular flexibility index (Phi) is 8.07. The van der Waals surface area contributed by atoms with Crippen LogP contribution in [0.25, 0.3) is 0 Å². The first-order valence-corrected chi connectivity index (χ1v) is 7.86. The van der Waals surface area contributed by atoms with Gasteiger partial charge < -0.3 is 15.0 Å². The molecule has 0 aliphatic carbocycles. The zero-order chi connectivity index (χ0) is 14.1. The van der Waals surface area contributed by atoms with Gasteiger partial charge in [0.1, 0.15) is 6.04 Å². The maximum Gasteiger partial charge on any atom is 0.323 e. The molecule has 2 atom stereocenters. The van der Waals surface area contributed by atoms with Crippen molar-refractivity contribution in [1.29, 1.82) is 0 Å². The largest absolute Gasteiger partial charge is 0.465 e.